The van der Waals surface area contributed by atoms with E-state index in [0.717, 1.165) is 0 Å². The third-order valence-corrected chi connectivity index (χ3v) is 3.02. The Labute approximate surface area is 73.6 Å². The van der Waals surface area contributed by atoms with Crippen LogP contribution in [0.2, 0.25) is 0 Å². The summed E-state index contributed by atoms with van der Waals surface area (Å²) in [6.45, 7) is 0. The zero-order valence-corrected chi connectivity index (χ0v) is 7.51. The van der Waals surface area contributed by atoms with Crippen LogP contribution in [0.3, 0.4) is 0 Å². The number of benzene rings is 1. The molecule has 0 unspecified atom stereocenters. The lowest BCUT2D eigenvalue weighted by molar-refractivity contribution is 0.627. The summed E-state index contributed by atoms with van der Waals surface area (Å²) in [5.41, 5.74) is 1.24. The Bertz CT molecular complexity index is 255. The molecule has 1 aliphatic rings. The Hall–Kier alpha value is -0.370. The lowest BCUT2D eigenvalue weighted by Gasteiger charge is -1.95. The predicted molar refractivity (Wildman–Crippen MR) is 46.5 cm³/mol. The molecule has 0 saturated heterocycles. The molecule has 0 amide bonds. The average molecular weight is 215 g/mol. The first-order valence-electron chi connectivity index (χ1n) is 3.67. The molecule has 0 aromatic heterocycles. The van der Waals surface area contributed by atoms with Crippen LogP contribution in [-0.4, -0.2) is 4.83 Å². The van der Waals surface area contributed by atoms with Gasteiger partial charge in [-0.1, -0.05) is 28.1 Å². The minimum Gasteiger partial charge on any atom is -0.207 e. The van der Waals surface area contributed by atoms with Crippen LogP contribution < -0.4 is 0 Å². The summed E-state index contributed by atoms with van der Waals surface area (Å²) in [5.74, 6) is 0.469. The minimum absolute atomic E-state index is 0.152. The second-order valence-electron chi connectivity index (χ2n) is 2.91. The van der Waals surface area contributed by atoms with Crippen molar-refractivity contribution >= 4 is 15.9 Å². The molecule has 0 heterocycles. The molecular weight excluding hydrogens is 207 g/mol. The van der Waals surface area contributed by atoms with Crippen molar-refractivity contribution in [3.05, 3.63) is 35.6 Å². The standard InChI is InChI=1S/C9H8BrF/c10-9-5-8(9)6-1-3-7(11)4-2-6/h1-4,8-9H,5H2/t8-,9+/m1/s1. The van der Waals surface area contributed by atoms with E-state index < -0.39 is 0 Å². The Morgan fingerprint density at radius 3 is 2.27 bits per heavy atom. The molecular formula is C9H8BrF. The smallest absolute Gasteiger partial charge is 0.123 e. The fourth-order valence-electron chi connectivity index (χ4n) is 1.22. The van der Waals surface area contributed by atoms with Crippen molar-refractivity contribution in [1.82, 2.24) is 0 Å². The third-order valence-electron chi connectivity index (χ3n) is 2.01. The Balaban J connectivity index is 2.21. The molecule has 0 spiro atoms. The monoisotopic (exact) mass is 214 g/mol. The predicted octanol–water partition coefficient (Wildman–Crippen LogP) is 3.08. The molecule has 0 nitrogen and oxygen atoms in total. The number of halogens is 2. The summed E-state index contributed by atoms with van der Waals surface area (Å²) in [4.78, 5) is 0.618. The van der Waals surface area contributed by atoms with E-state index in [4.69, 9.17) is 0 Å². The van der Waals surface area contributed by atoms with Crippen molar-refractivity contribution in [2.24, 2.45) is 0 Å². The normalized spacial score (nSPS) is 28.5. The third kappa shape index (κ3) is 1.45. The maximum absolute atomic E-state index is 12.5. The first-order valence-corrected chi connectivity index (χ1v) is 4.58. The maximum Gasteiger partial charge on any atom is 0.123 e. The minimum atomic E-state index is -0.152. The van der Waals surface area contributed by atoms with Crippen molar-refractivity contribution < 1.29 is 4.39 Å². The molecule has 1 fully saturated rings. The van der Waals surface area contributed by atoms with E-state index in [1.165, 1.54) is 24.1 Å². The number of hydrogen-bond donors (Lipinski definition) is 0. The number of rotatable bonds is 1. The highest BCUT2D eigenvalue weighted by Gasteiger charge is 2.35. The van der Waals surface area contributed by atoms with Crippen LogP contribution in [0.1, 0.15) is 17.9 Å². The van der Waals surface area contributed by atoms with Gasteiger partial charge in [-0.25, -0.2) is 4.39 Å². The van der Waals surface area contributed by atoms with E-state index in [1.807, 2.05) is 12.1 Å². The van der Waals surface area contributed by atoms with Crippen molar-refractivity contribution in [3.63, 3.8) is 0 Å². The van der Waals surface area contributed by atoms with Gasteiger partial charge in [0.2, 0.25) is 0 Å². The van der Waals surface area contributed by atoms with Crippen molar-refractivity contribution in [1.29, 1.82) is 0 Å². The highest BCUT2D eigenvalue weighted by Crippen LogP contribution is 2.46. The highest BCUT2D eigenvalue weighted by molar-refractivity contribution is 9.09. The summed E-state index contributed by atoms with van der Waals surface area (Å²) >= 11 is 3.51. The fourth-order valence-corrected chi connectivity index (χ4v) is 1.93. The quantitative estimate of drug-likeness (QED) is 0.631. The molecule has 1 aliphatic carbocycles. The SMILES string of the molecule is Fc1ccc([C@H]2C[C@@H]2Br)cc1. The van der Waals surface area contributed by atoms with Gasteiger partial charge in [0.25, 0.3) is 0 Å². The number of alkyl halides is 1. The van der Waals surface area contributed by atoms with E-state index in [2.05, 4.69) is 15.9 Å². The molecule has 11 heavy (non-hydrogen) atoms. The lowest BCUT2D eigenvalue weighted by Crippen LogP contribution is -1.81. The van der Waals surface area contributed by atoms with E-state index in [0.29, 0.717) is 10.7 Å². The summed E-state index contributed by atoms with van der Waals surface area (Å²) in [6.07, 6.45) is 1.19. The van der Waals surface area contributed by atoms with Gasteiger partial charge in [-0.05, 0) is 30.0 Å². The molecule has 0 radical (unpaired) electrons. The summed E-state index contributed by atoms with van der Waals surface area (Å²) in [6, 6.07) is 6.77. The molecule has 0 N–H and O–H groups in total. The Morgan fingerprint density at radius 2 is 1.82 bits per heavy atom. The fraction of sp³-hybridized carbons (Fsp3) is 0.333. The van der Waals surface area contributed by atoms with E-state index in [1.54, 1.807) is 0 Å². The summed E-state index contributed by atoms with van der Waals surface area (Å²) in [5, 5.41) is 0. The van der Waals surface area contributed by atoms with Crippen LogP contribution in [0.4, 0.5) is 4.39 Å². The van der Waals surface area contributed by atoms with Crippen LogP contribution in [0.15, 0.2) is 24.3 Å². The van der Waals surface area contributed by atoms with Crippen molar-refractivity contribution in [2.75, 3.05) is 0 Å². The Morgan fingerprint density at radius 1 is 1.27 bits per heavy atom. The van der Waals surface area contributed by atoms with Gasteiger partial charge in [0, 0.05) is 4.83 Å². The average Bonchev–Trinajstić information content (AvgIpc) is 2.69. The highest BCUT2D eigenvalue weighted by atomic mass is 79.9. The van der Waals surface area contributed by atoms with Gasteiger partial charge in [-0.2, -0.15) is 0 Å². The van der Waals surface area contributed by atoms with Gasteiger partial charge in [-0.3, -0.25) is 0 Å². The topological polar surface area (TPSA) is 0 Å². The second-order valence-corrected chi connectivity index (χ2v) is 4.09. The van der Waals surface area contributed by atoms with Gasteiger partial charge in [0.05, 0.1) is 0 Å². The maximum atomic E-state index is 12.5. The van der Waals surface area contributed by atoms with Crippen LogP contribution >= 0.6 is 15.9 Å². The lowest BCUT2D eigenvalue weighted by atomic mass is 10.1. The van der Waals surface area contributed by atoms with Gasteiger partial charge in [0.15, 0.2) is 0 Å². The first-order chi connectivity index (χ1) is 5.27. The van der Waals surface area contributed by atoms with E-state index >= 15 is 0 Å². The van der Waals surface area contributed by atoms with Crippen molar-refractivity contribution in [3.8, 4) is 0 Å². The van der Waals surface area contributed by atoms with Crippen molar-refractivity contribution in [2.45, 2.75) is 17.2 Å². The first kappa shape index (κ1) is 7.29. The molecule has 2 rings (SSSR count). The molecule has 0 aliphatic heterocycles. The van der Waals surface area contributed by atoms with E-state index in [-0.39, 0.29) is 5.82 Å². The molecule has 1 aromatic carbocycles. The Kier molecular flexibility index (Phi) is 1.72. The summed E-state index contributed by atoms with van der Waals surface area (Å²) in [7, 11) is 0. The summed E-state index contributed by atoms with van der Waals surface area (Å²) < 4.78 is 12.5. The molecule has 2 heteroatoms. The molecule has 1 aromatic rings. The van der Waals surface area contributed by atoms with E-state index in [9.17, 15) is 4.39 Å². The second kappa shape index (κ2) is 2.59. The van der Waals surface area contributed by atoms with Crippen LogP contribution in [0.25, 0.3) is 0 Å². The molecule has 1 saturated carbocycles. The molecule has 58 valence electrons. The van der Waals surface area contributed by atoms with Gasteiger partial charge >= 0.3 is 0 Å². The van der Waals surface area contributed by atoms with Crippen LogP contribution in [-0.2, 0) is 0 Å². The molecule has 2 atom stereocenters. The van der Waals surface area contributed by atoms with Gasteiger partial charge < -0.3 is 0 Å². The number of hydrogen-bond acceptors (Lipinski definition) is 0. The van der Waals surface area contributed by atoms with Gasteiger partial charge in [-0.15, -0.1) is 0 Å². The molecule has 0 bridgehead atoms. The van der Waals surface area contributed by atoms with Gasteiger partial charge in [0.1, 0.15) is 5.82 Å². The zero-order valence-electron chi connectivity index (χ0n) is 5.93. The zero-order chi connectivity index (χ0) is 7.84. The largest absolute Gasteiger partial charge is 0.207 e. The van der Waals surface area contributed by atoms with Crippen LogP contribution in [0, 0.1) is 5.82 Å². The van der Waals surface area contributed by atoms with Crippen LogP contribution in [0.5, 0.6) is 0 Å².